The van der Waals surface area contributed by atoms with E-state index in [0.29, 0.717) is 11.1 Å². The van der Waals surface area contributed by atoms with Crippen molar-refractivity contribution in [3.63, 3.8) is 0 Å². The summed E-state index contributed by atoms with van der Waals surface area (Å²) in [6.45, 7) is 1.75. The molecule has 2 aromatic heterocycles. The minimum atomic E-state index is -0.126. The average molecular weight is 297 g/mol. The number of methoxy groups -OCH3 is 2. The number of hydrogen-bond donors (Lipinski definition) is 0. The molecule has 22 heavy (non-hydrogen) atoms. The van der Waals surface area contributed by atoms with Gasteiger partial charge in [0.2, 0.25) is 0 Å². The summed E-state index contributed by atoms with van der Waals surface area (Å²) in [5.74, 6) is 0.738. The first kappa shape index (κ1) is 14.1. The van der Waals surface area contributed by atoms with Crippen LogP contribution in [0.15, 0.2) is 41.5 Å². The lowest BCUT2D eigenvalue weighted by Crippen LogP contribution is -2.20. The van der Waals surface area contributed by atoms with Gasteiger partial charge in [-0.15, -0.1) is 0 Å². The van der Waals surface area contributed by atoms with Gasteiger partial charge < -0.3 is 9.47 Å². The first-order chi connectivity index (χ1) is 10.6. The zero-order valence-electron chi connectivity index (χ0n) is 12.5. The molecule has 0 aliphatic carbocycles. The van der Waals surface area contributed by atoms with Gasteiger partial charge in [0.25, 0.3) is 5.56 Å². The molecule has 0 saturated carbocycles. The van der Waals surface area contributed by atoms with Crippen LogP contribution in [0.2, 0.25) is 0 Å². The summed E-state index contributed by atoms with van der Waals surface area (Å²) in [7, 11) is 3.10. The standard InChI is InChI=1S/C16H15N3O3/c1-10-14-11(8-17-16(18-14)22-3)9-19(15(10)20)12-4-6-13(21-2)7-5-12/h4-9H,1-3H3. The molecular formula is C16H15N3O3. The minimum absolute atomic E-state index is 0.126. The highest BCUT2D eigenvalue weighted by Gasteiger charge is 2.10. The van der Waals surface area contributed by atoms with E-state index in [2.05, 4.69) is 9.97 Å². The third kappa shape index (κ3) is 2.28. The predicted octanol–water partition coefficient (Wildman–Crippen LogP) is 2.11. The molecule has 2 heterocycles. The summed E-state index contributed by atoms with van der Waals surface area (Å²) in [4.78, 5) is 20.9. The summed E-state index contributed by atoms with van der Waals surface area (Å²) in [6.07, 6.45) is 3.37. The van der Waals surface area contributed by atoms with E-state index < -0.39 is 0 Å². The molecule has 0 amide bonds. The van der Waals surface area contributed by atoms with E-state index in [1.54, 1.807) is 31.0 Å². The lowest BCUT2D eigenvalue weighted by Gasteiger charge is -2.10. The van der Waals surface area contributed by atoms with Gasteiger partial charge in [0.1, 0.15) is 5.75 Å². The first-order valence-electron chi connectivity index (χ1n) is 6.71. The number of rotatable bonds is 3. The van der Waals surface area contributed by atoms with Crippen LogP contribution in [0.5, 0.6) is 11.8 Å². The lowest BCUT2D eigenvalue weighted by atomic mass is 10.2. The zero-order valence-corrected chi connectivity index (χ0v) is 12.5. The number of pyridine rings is 1. The van der Waals surface area contributed by atoms with Gasteiger partial charge in [-0.3, -0.25) is 9.36 Å². The topological polar surface area (TPSA) is 66.2 Å². The monoisotopic (exact) mass is 297 g/mol. The van der Waals surface area contributed by atoms with Crippen LogP contribution >= 0.6 is 0 Å². The number of fused-ring (bicyclic) bond motifs is 1. The van der Waals surface area contributed by atoms with E-state index in [-0.39, 0.29) is 11.6 Å². The molecule has 6 nitrogen and oxygen atoms in total. The molecule has 6 heteroatoms. The quantitative estimate of drug-likeness (QED) is 0.740. The van der Waals surface area contributed by atoms with Gasteiger partial charge in [0.15, 0.2) is 0 Å². The molecule has 0 unspecified atom stereocenters. The molecule has 0 bridgehead atoms. The minimum Gasteiger partial charge on any atom is -0.497 e. The lowest BCUT2D eigenvalue weighted by molar-refractivity contribution is 0.381. The Morgan fingerprint density at radius 3 is 2.45 bits per heavy atom. The molecule has 0 aliphatic heterocycles. The molecule has 0 spiro atoms. The van der Waals surface area contributed by atoms with Gasteiger partial charge in [-0.2, -0.15) is 4.98 Å². The van der Waals surface area contributed by atoms with Crippen LogP contribution in [0, 0.1) is 6.92 Å². The summed E-state index contributed by atoms with van der Waals surface area (Å²) >= 11 is 0. The van der Waals surface area contributed by atoms with Gasteiger partial charge in [0.05, 0.1) is 19.7 Å². The number of aryl methyl sites for hydroxylation is 1. The van der Waals surface area contributed by atoms with Crippen LogP contribution in [-0.4, -0.2) is 28.8 Å². The fourth-order valence-corrected chi connectivity index (χ4v) is 2.28. The molecular weight excluding hydrogens is 282 g/mol. The average Bonchev–Trinajstić information content (AvgIpc) is 2.58. The van der Waals surface area contributed by atoms with Crippen LogP contribution in [0.25, 0.3) is 16.6 Å². The Morgan fingerprint density at radius 2 is 1.82 bits per heavy atom. The molecule has 3 rings (SSSR count). The van der Waals surface area contributed by atoms with E-state index in [4.69, 9.17) is 9.47 Å². The first-order valence-corrected chi connectivity index (χ1v) is 6.71. The Bertz CT molecular complexity index is 886. The van der Waals surface area contributed by atoms with Crippen molar-refractivity contribution in [1.82, 2.24) is 14.5 Å². The van der Waals surface area contributed by atoms with E-state index in [1.807, 2.05) is 24.3 Å². The van der Waals surface area contributed by atoms with Crippen LogP contribution in [0.4, 0.5) is 0 Å². The maximum absolute atomic E-state index is 12.6. The highest BCUT2D eigenvalue weighted by molar-refractivity contribution is 5.80. The number of ether oxygens (including phenoxy) is 2. The van der Waals surface area contributed by atoms with Gasteiger partial charge in [-0.05, 0) is 31.2 Å². The third-order valence-electron chi connectivity index (χ3n) is 3.49. The van der Waals surface area contributed by atoms with Gasteiger partial charge in [0, 0.05) is 29.0 Å². The van der Waals surface area contributed by atoms with Crippen LogP contribution in [0.1, 0.15) is 5.56 Å². The van der Waals surface area contributed by atoms with E-state index in [0.717, 1.165) is 16.8 Å². The number of aromatic nitrogens is 3. The Hall–Kier alpha value is -2.89. The molecule has 1 aromatic carbocycles. The Kier molecular flexibility index (Phi) is 3.50. The molecule has 112 valence electrons. The van der Waals surface area contributed by atoms with Crippen molar-refractivity contribution in [2.24, 2.45) is 0 Å². The number of benzene rings is 1. The summed E-state index contributed by atoms with van der Waals surface area (Å²) in [6, 6.07) is 7.53. The molecule has 0 saturated heterocycles. The molecule has 0 fully saturated rings. The molecule has 0 atom stereocenters. The molecule has 0 radical (unpaired) electrons. The maximum atomic E-state index is 12.6. The fraction of sp³-hybridized carbons (Fsp3) is 0.188. The van der Waals surface area contributed by atoms with E-state index >= 15 is 0 Å². The van der Waals surface area contributed by atoms with Gasteiger partial charge in [-0.1, -0.05) is 0 Å². The van der Waals surface area contributed by atoms with Crippen molar-refractivity contribution in [3.8, 4) is 17.4 Å². The SMILES string of the molecule is COc1ccc(-n2cc3cnc(OC)nc3c(C)c2=O)cc1. The van der Waals surface area contributed by atoms with Crippen molar-refractivity contribution < 1.29 is 9.47 Å². The molecule has 0 aliphatic rings. The predicted molar refractivity (Wildman–Crippen MR) is 83.0 cm³/mol. The Balaban J connectivity index is 2.22. The Labute approximate surface area is 127 Å². The Morgan fingerprint density at radius 1 is 1.09 bits per heavy atom. The van der Waals surface area contributed by atoms with Gasteiger partial charge >= 0.3 is 6.01 Å². The molecule has 0 N–H and O–H groups in total. The zero-order chi connectivity index (χ0) is 15.7. The van der Waals surface area contributed by atoms with Crippen molar-refractivity contribution in [2.45, 2.75) is 6.92 Å². The number of nitrogens with zero attached hydrogens (tertiary/aromatic N) is 3. The largest absolute Gasteiger partial charge is 0.497 e. The maximum Gasteiger partial charge on any atom is 0.316 e. The molecule has 3 aromatic rings. The summed E-state index contributed by atoms with van der Waals surface area (Å²) < 4.78 is 11.7. The van der Waals surface area contributed by atoms with E-state index in [9.17, 15) is 4.79 Å². The smallest absolute Gasteiger partial charge is 0.316 e. The van der Waals surface area contributed by atoms with Crippen molar-refractivity contribution >= 4 is 10.9 Å². The fourth-order valence-electron chi connectivity index (χ4n) is 2.28. The highest BCUT2D eigenvalue weighted by Crippen LogP contribution is 2.18. The van der Waals surface area contributed by atoms with Crippen LogP contribution < -0.4 is 15.0 Å². The summed E-state index contributed by atoms with van der Waals surface area (Å²) in [5.41, 5.74) is 1.78. The van der Waals surface area contributed by atoms with E-state index in [1.165, 1.54) is 7.11 Å². The van der Waals surface area contributed by atoms with Crippen molar-refractivity contribution in [2.75, 3.05) is 14.2 Å². The van der Waals surface area contributed by atoms with Crippen molar-refractivity contribution in [3.05, 3.63) is 52.6 Å². The van der Waals surface area contributed by atoms with Crippen molar-refractivity contribution in [1.29, 1.82) is 0 Å². The second kappa shape index (κ2) is 5.48. The highest BCUT2D eigenvalue weighted by atomic mass is 16.5. The second-order valence-electron chi connectivity index (χ2n) is 4.79. The van der Waals surface area contributed by atoms with Crippen LogP contribution in [0.3, 0.4) is 0 Å². The van der Waals surface area contributed by atoms with Crippen LogP contribution in [-0.2, 0) is 0 Å². The summed E-state index contributed by atoms with van der Waals surface area (Å²) in [5, 5.41) is 0.772. The normalized spacial score (nSPS) is 10.7. The number of hydrogen-bond acceptors (Lipinski definition) is 5. The van der Waals surface area contributed by atoms with Gasteiger partial charge in [-0.25, -0.2) is 4.98 Å². The third-order valence-corrected chi connectivity index (χ3v) is 3.49. The second-order valence-corrected chi connectivity index (χ2v) is 4.79.